The van der Waals surface area contributed by atoms with Gasteiger partial charge in [0.2, 0.25) is 0 Å². The van der Waals surface area contributed by atoms with E-state index in [0.717, 1.165) is 0 Å². The summed E-state index contributed by atoms with van der Waals surface area (Å²) in [5.74, 6) is -1.55. The summed E-state index contributed by atoms with van der Waals surface area (Å²) in [4.78, 5) is 10.3. The van der Waals surface area contributed by atoms with Gasteiger partial charge in [-0.05, 0) is 20.3 Å². The molecule has 2 nitrogen and oxygen atoms in total. The Balaban J connectivity index is 2.46. The van der Waals surface area contributed by atoms with Crippen molar-refractivity contribution in [1.29, 1.82) is 0 Å². The number of rotatable bonds is 2. The van der Waals surface area contributed by atoms with Gasteiger partial charge >= 0.3 is 5.97 Å². The van der Waals surface area contributed by atoms with Crippen molar-refractivity contribution < 1.29 is 14.3 Å². The van der Waals surface area contributed by atoms with E-state index < -0.39 is 17.6 Å². The zero-order chi connectivity index (χ0) is 7.94. The van der Waals surface area contributed by atoms with Crippen LogP contribution >= 0.6 is 0 Å². The first-order valence-corrected chi connectivity index (χ1v) is 3.34. The third-order valence-electron chi connectivity index (χ3n) is 1.99. The quantitative estimate of drug-likeness (QED) is 0.640. The molecule has 0 aromatic heterocycles. The SMILES string of the molecule is CC(C)(F)[C@@H]1C[C@H]1C(=O)O. The molecule has 1 fully saturated rings. The molecule has 2 atom stereocenters. The third-order valence-corrected chi connectivity index (χ3v) is 1.99. The van der Waals surface area contributed by atoms with Crippen molar-refractivity contribution in [3.63, 3.8) is 0 Å². The lowest BCUT2D eigenvalue weighted by Gasteiger charge is -2.11. The zero-order valence-electron chi connectivity index (χ0n) is 6.10. The molecule has 1 rings (SSSR count). The van der Waals surface area contributed by atoms with Crippen molar-refractivity contribution in [2.24, 2.45) is 11.8 Å². The number of carboxylic acids is 1. The fraction of sp³-hybridized carbons (Fsp3) is 0.857. The van der Waals surface area contributed by atoms with Crippen LogP contribution in [0.4, 0.5) is 4.39 Å². The standard InChI is InChI=1S/C7H11FO2/c1-7(2,8)5-3-4(5)6(9)10/h4-5H,3H2,1-2H3,(H,9,10)/t4-,5-/m1/s1. The number of carbonyl (C=O) groups is 1. The second kappa shape index (κ2) is 1.94. The Morgan fingerprint density at radius 1 is 1.70 bits per heavy atom. The molecule has 58 valence electrons. The normalized spacial score (nSPS) is 31.9. The number of hydrogen-bond acceptors (Lipinski definition) is 1. The fourth-order valence-corrected chi connectivity index (χ4v) is 1.23. The van der Waals surface area contributed by atoms with Crippen molar-refractivity contribution in [3.05, 3.63) is 0 Å². The van der Waals surface area contributed by atoms with E-state index in [1.807, 2.05) is 0 Å². The van der Waals surface area contributed by atoms with Gasteiger partial charge in [0.05, 0.1) is 5.92 Å². The first kappa shape index (κ1) is 7.51. The molecule has 0 bridgehead atoms. The molecule has 0 aliphatic heterocycles. The molecule has 3 heteroatoms. The molecule has 10 heavy (non-hydrogen) atoms. The highest BCUT2D eigenvalue weighted by Crippen LogP contribution is 2.47. The van der Waals surface area contributed by atoms with Gasteiger partial charge in [0.25, 0.3) is 0 Å². The Morgan fingerprint density at radius 3 is 2.30 bits per heavy atom. The van der Waals surface area contributed by atoms with Crippen LogP contribution in [0.5, 0.6) is 0 Å². The Hall–Kier alpha value is -0.600. The lowest BCUT2D eigenvalue weighted by molar-refractivity contribution is -0.139. The van der Waals surface area contributed by atoms with E-state index in [1.54, 1.807) is 0 Å². The Labute approximate surface area is 59.0 Å². The topological polar surface area (TPSA) is 37.3 Å². The highest BCUT2D eigenvalue weighted by atomic mass is 19.1. The molecule has 0 unspecified atom stereocenters. The summed E-state index contributed by atoms with van der Waals surface area (Å²) in [5.41, 5.74) is -1.32. The van der Waals surface area contributed by atoms with Crippen molar-refractivity contribution in [1.82, 2.24) is 0 Å². The summed E-state index contributed by atoms with van der Waals surface area (Å²) in [7, 11) is 0. The van der Waals surface area contributed by atoms with E-state index in [9.17, 15) is 9.18 Å². The first-order valence-electron chi connectivity index (χ1n) is 3.34. The number of hydrogen-bond donors (Lipinski definition) is 1. The van der Waals surface area contributed by atoms with E-state index in [2.05, 4.69) is 0 Å². The molecule has 0 radical (unpaired) electrons. The Bertz CT molecular complexity index is 159. The van der Waals surface area contributed by atoms with Crippen LogP contribution in [0.2, 0.25) is 0 Å². The minimum Gasteiger partial charge on any atom is -0.481 e. The third kappa shape index (κ3) is 1.28. The summed E-state index contributed by atoms with van der Waals surface area (Å²) in [5, 5.41) is 8.42. The molecule has 1 aliphatic carbocycles. The van der Waals surface area contributed by atoms with E-state index in [0.29, 0.717) is 6.42 Å². The smallest absolute Gasteiger partial charge is 0.306 e. The summed E-state index contributed by atoms with van der Waals surface area (Å²) in [6.45, 7) is 2.86. The predicted molar refractivity (Wildman–Crippen MR) is 34.4 cm³/mol. The van der Waals surface area contributed by atoms with Gasteiger partial charge in [0, 0.05) is 5.92 Å². The van der Waals surface area contributed by atoms with Crippen LogP contribution in [0.25, 0.3) is 0 Å². The van der Waals surface area contributed by atoms with Gasteiger partial charge < -0.3 is 5.11 Å². The van der Waals surface area contributed by atoms with E-state index >= 15 is 0 Å². The molecule has 0 amide bonds. The van der Waals surface area contributed by atoms with Crippen molar-refractivity contribution in [2.45, 2.75) is 25.9 Å². The maximum absolute atomic E-state index is 12.9. The predicted octanol–water partition coefficient (Wildman–Crippen LogP) is 1.46. The van der Waals surface area contributed by atoms with Gasteiger partial charge in [-0.3, -0.25) is 4.79 Å². The highest BCUT2D eigenvalue weighted by Gasteiger charge is 2.52. The van der Waals surface area contributed by atoms with Crippen LogP contribution in [0.3, 0.4) is 0 Å². The van der Waals surface area contributed by atoms with Gasteiger partial charge in [0.15, 0.2) is 0 Å². The molecule has 1 aliphatic rings. The van der Waals surface area contributed by atoms with Crippen molar-refractivity contribution >= 4 is 5.97 Å². The fourth-order valence-electron chi connectivity index (χ4n) is 1.23. The van der Waals surface area contributed by atoms with Crippen molar-refractivity contribution in [2.75, 3.05) is 0 Å². The number of aliphatic carboxylic acids is 1. The minimum absolute atomic E-state index is 0.259. The van der Waals surface area contributed by atoms with Gasteiger partial charge in [-0.2, -0.15) is 0 Å². The summed E-state index contributed by atoms with van der Waals surface area (Å²) in [6.07, 6.45) is 0.499. The van der Waals surface area contributed by atoms with Gasteiger partial charge in [-0.15, -0.1) is 0 Å². The summed E-state index contributed by atoms with van der Waals surface area (Å²) >= 11 is 0. The van der Waals surface area contributed by atoms with Gasteiger partial charge in [-0.25, -0.2) is 4.39 Å². The second-order valence-corrected chi connectivity index (χ2v) is 3.35. The lowest BCUT2D eigenvalue weighted by Crippen LogP contribution is -2.18. The molecule has 0 aromatic carbocycles. The first-order chi connectivity index (χ1) is 4.43. The highest BCUT2D eigenvalue weighted by molar-refractivity contribution is 5.73. The van der Waals surface area contributed by atoms with Crippen LogP contribution in [0, 0.1) is 11.8 Å². The maximum atomic E-state index is 12.9. The number of alkyl halides is 1. The Kier molecular flexibility index (Phi) is 1.46. The molecular weight excluding hydrogens is 135 g/mol. The molecule has 0 spiro atoms. The molecule has 1 saturated carbocycles. The minimum atomic E-state index is -1.32. The van der Waals surface area contributed by atoms with Crippen LogP contribution < -0.4 is 0 Å². The van der Waals surface area contributed by atoms with Crippen LogP contribution in [0.15, 0.2) is 0 Å². The molecule has 1 N–H and O–H groups in total. The largest absolute Gasteiger partial charge is 0.481 e. The van der Waals surface area contributed by atoms with Gasteiger partial charge in [0.1, 0.15) is 5.67 Å². The van der Waals surface area contributed by atoms with E-state index in [1.165, 1.54) is 13.8 Å². The van der Waals surface area contributed by atoms with Crippen LogP contribution in [-0.4, -0.2) is 16.7 Å². The average molecular weight is 146 g/mol. The molecular formula is C7H11FO2. The van der Waals surface area contributed by atoms with Crippen LogP contribution in [0.1, 0.15) is 20.3 Å². The second-order valence-electron chi connectivity index (χ2n) is 3.35. The monoisotopic (exact) mass is 146 g/mol. The van der Waals surface area contributed by atoms with Gasteiger partial charge in [-0.1, -0.05) is 0 Å². The zero-order valence-corrected chi connectivity index (χ0v) is 6.10. The summed E-state index contributed by atoms with van der Waals surface area (Å²) in [6, 6.07) is 0. The average Bonchev–Trinajstić information content (AvgIpc) is 2.35. The summed E-state index contributed by atoms with van der Waals surface area (Å²) < 4.78 is 12.9. The number of halogens is 1. The van der Waals surface area contributed by atoms with Crippen molar-refractivity contribution in [3.8, 4) is 0 Å². The molecule has 0 aromatic rings. The lowest BCUT2D eigenvalue weighted by atomic mass is 10.0. The molecule has 0 saturated heterocycles. The number of carboxylic acid groups (broad SMARTS) is 1. The molecule has 0 heterocycles. The maximum Gasteiger partial charge on any atom is 0.306 e. The van der Waals surface area contributed by atoms with E-state index in [-0.39, 0.29) is 5.92 Å². The van der Waals surface area contributed by atoms with E-state index in [4.69, 9.17) is 5.11 Å². The van der Waals surface area contributed by atoms with Crippen LogP contribution in [-0.2, 0) is 4.79 Å². The Morgan fingerprint density at radius 2 is 2.20 bits per heavy atom.